The molecule has 0 aliphatic heterocycles. The van der Waals surface area contributed by atoms with Gasteiger partial charge in [-0.05, 0) is 52.0 Å². The third-order valence-corrected chi connectivity index (χ3v) is 4.90. The maximum Gasteiger partial charge on any atom is 0.0589 e. The predicted molar refractivity (Wildman–Crippen MR) is 75.9 cm³/mol. The van der Waals surface area contributed by atoms with Crippen molar-refractivity contribution in [3.8, 4) is 0 Å². The van der Waals surface area contributed by atoms with Crippen LogP contribution in [0.15, 0.2) is 0 Å². The van der Waals surface area contributed by atoms with Gasteiger partial charge in [0.2, 0.25) is 0 Å². The predicted octanol–water partition coefficient (Wildman–Crippen LogP) is 2.26. The molecular weight excluding hydrogens is 224 g/mol. The summed E-state index contributed by atoms with van der Waals surface area (Å²) in [6.07, 6.45) is 8.29. The first-order valence-electron chi connectivity index (χ1n) is 7.68. The van der Waals surface area contributed by atoms with Crippen LogP contribution in [0.25, 0.3) is 0 Å². The van der Waals surface area contributed by atoms with Crippen LogP contribution in [0, 0.1) is 5.92 Å². The van der Waals surface area contributed by atoms with Crippen LogP contribution >= 0.6 is 0 Å². The topological polar surface area (TPSA) is 24.5 Å². The molecule has 0 aromatic rings. The first-order valence-corrected chi connectivity index (χ1v) is 7.68. The van der Waals surface area contributed by atoms with E-state index in [0.717, 1.165) is 37.2 Å². The maximum atomic E-state index is 5.31. The lowest BCUT2D eigenvalue weighted by Gasteiger charge is -2.41. The number of nitrogens with one attached hydrogen (secondary N) is 1. The quantitative estimate of drug-likeness (QED) is 0.754. The molecule has 0 saturated heterocycles. The van der Waals surface area contributed by atoms with E-state index in [1.165, 1.54) is 38.5 Å². The molecule has 0 radical (unpaired) electrons. The van der Waals surface area contributed by atoms with Gasteiger partial charge in [-0.1, -0.05) is 6.42 Å². The fourth-order valence-electron chi connectivity index (χ4n) is 3.49. The van der Waals surface area contributed by atoms with E-state index < -0.39 is 0 Å². The van der Waals surface area contributed by atoms with Gasteiger partial charge in [0.05, 0.1) is 6.61 Å². The second kappa shape index (κ2) is 6.88. The highest BCUT2D eigenvalue weighted by Gasteiger charge is 2.36. The van der Waals surface area contributed by atoms with Crippen molar-refractivity contribution >= 4 is 0 Å². The van der Waals surface area contributed by atoms with Crippen molar-refractivity contribution in [3.63, 3.8) is 0 Å². The molecule has 18 heavy (non-hydrogen) atoms. The number of nitrogens with zero attached hydrogens (tertiary/aromatic N) is 1. The van der Waals surface area contributed by atoms with E-state index in [9.17, 15) is 0 Å². The van der Waals surface area contributed by atoms with E-state index in [4.69, 9.17) is 4.74 Å². The lowest BCUT2D eigenvalue weighted by Crippen LogP contribution is -2.49. The Bertz CT molecular complexity index is 243. The van der Waals surface area contributed by atoms with Crippen molar-refractivity contribution in [2.75, 3.05) is 27.3 Å². The number of methoxy groups -OCH3 is 1. The summed E-state index contributed by atoms with van der Waals surface area (Å²) in [5.41, 5.74) is 0. The number of rotatable bonds is 7. The minimum absolute atomic E-state index is 0.722. The Morgan fingerprint density at radius 1 is 1.28 bits per heavy atom. The van der Waals surface area contributed by atoms with Crippen LogP contribution < -0.4 is 5.32 Å². The lowest BCUT2D eigenvalue weighted by molar-refractivity contribution is 0.0586. The standard InChI is InChI=1S/C15H30N2O/c1-12(13-7-8-13)17(9-10-18-3)15-6-4-5-14(11-15)16-2/h12-16H,4-11H2,1-3H3. The molecule has 2 aliphatic rings. The Kier molecular flexibility index (Phi) is 5.46. The van der Waals surface area contributed by atoms with Gasteiger partial charge < -0.3 is 10.1 Å². The molecule has 2 fully saturated rings. The molecule has 3 unspecified atom stereocenters. The molecule has 0 aromatic heterocycles. The van der Waals surface area contributed by atoms with E-state index in [-0.39, 0.29) is 0 Å². The third-order valence-electron chi connectivity index (χ3n) is 4.90. The molecule has 2 saturated carbocycles. The zero-order valence-corrected chi connectivity index (χ0v) is 12.3. The minimum atomic E-state index is 0.722. The summed E-state index contributed by atoms with van der Waals surface area (Å²) in [6, 6.07) is 2.24. The molecule has 2 aliphatic carbocycles. The Morgan fingerprint density at radius 2 is 2.06 bits per heavy atom. The maximum absolute atomic E-state index is 5.31. The first kappa shape index (κ1) is 14.3. The van der Waals surface area contributed by atoms with Crippen LogP contribution in [0.5, 0.6) is 0 Å². The normalized spacial score (nSPS) is 30.7. The van der Waals surface area contributed by atoms with Crippen molar-refractivity contribution in [3.05, 3.63) is 0 Å². The molecule has 0 spiro atoms. The van der Waals surface area contributed by atoms with E-state index in [1.807, 2.05) is 7.11 Å². The Balaban J connectivity index is 1.92. The van der Waals surface area contributed by atoms with Crippen molar-refractivity contribution in [2.45, 2.75) is 63.6 Å². The van der Waals surface area contributed by atoms with Gasteiger partial charge in [-0.3, -0.25) is 4.90 Å². The smallest absolute Gasteiger partial charge is 0.0589 e. The van der Waals surface area contributed by atoms with Gasteiger partial charge in [0.25, 0.3) is 0 Å². The fraction of sp³-hybridized carbons (Fsp3) is 1.00. The van der Waals surface area contributed by atoms with Crippen LogP contribution in [0.3, 0.4) is 0 Å². The van der Waals surface area contributed by atoms with E-state index in [0.29, 0.717) is 0 Å². The number of hydrogen-bond acceptors (Lipinski definition) is 3. The Morgan fingerprint density at radius 3 is 2.67 bits per heavy atom. The molecule has 2 rings (SSSR count). The molecule has 0 amide bonds. The number of hydrogen-bond donors (Lipinski definition) is 1. The van der Waals surface area contributed by atoms with E-state index >= 15 is 0 Å². The first-order chi connectivity index (χ1) is 8.76. The van der Waals surface area contributed by atoms with Crippen LogP contribution in [0.2, 0.25) is 0 Å². The second-order valence-corrected chi connectivity index (χ2v) is 6.11. The average molecular weight is 254 g/mol. The van der Waals surface area contributed by atoms with Crippen LogP contribution in [0.4, 0.5) is 0 Å². The van der Waals surface area contributed by atoms with Crippen molar-refractivity contribution in [1.82, 2.24) is 10.2 Å². The molecule has 106 valence electrons. The molecule has 1 N–H and O–H groups in total. The molecule has 3 nitrogen and oxygen atoms in total. The zero-order valence-electron chi connectivity index (χ0n) is 12.3. The lowest BCUT2D eigenvalue weighted by atomic mass is 9.89. The SMILES string of the molecule is CNC1CCCC(N(CCOC)C(C)C2CC2)C1. The highest BCUT2D eigenvalue weighted by atomic mass is 16.5. The molecule has 0 heterocycles. The van der Waals surface area contributed by atoms with Gasteiger partial charge in [-0.15, -0.1) is 0 Å². The molecular formula is C15H30N2O. The second-order valence-electron chi connectivity index (χ2n) is 6.11. The molecule has 3 heteroatoms. The van der Waals surface area contributed by atoms with E-state index in [1.54, 1.807) is 0 Å². The van der Waals surface area contributed by atoms with Crippen molar-refractivity contribution in [1.29, 1.82) is 0 Å². The van der Waals surface area contributed by atoms with Gasteiger partial charge in [0, 0.05) is 31.8 Å². The van der Waals surface area contributed by atoms with Crippen molar-refractivity contribution in [2.24, 2.45) is 5.92 Å². The summed E-state index contributed by atoms with van der Waals surface area (Å²) in [5.74, 6) is 0.955. The Labute approximate surface area is 112 Å². The monoisotopic (exact) mass is 254 g/mol. The summed E-state index contributed by atoms with van der Waals surface area (Å²) < 4.78 is 5.31. The third kappa shape index (κ3) is 3.69. The summed E-state index contributed by atoms with van der Waals surface area (Å²) in [4.78, 5) is 2.74. The highest BCUT2D eigenvalue weighted by molar-refractivity contribution is 4.91. The van der Waals surface area contributed by atoms with Gasteiger partial charge in [-0.2, -0.15) is 0 Å². The Hall–Kier alpha value is -0.120. The van der Waals surface area contributed by atoms with Crippen LogP contribution in [-0.2, 0) is 4.74 Å². The zero-order chi connectivity index (χ0) is 13.0. The fourth-order valence-corrected chi connectivity index (χ4v) is 3.49. The molecule has 3 atom stereocenters. The summed E-state index contributed by atoms with van der Waals surface area (Å²) in [6.45, 7) is 4.41. The number of ether oxygens (including phenoxy) is 1. The highest BCUT2D eigenvalue weighted by Crippen LogP contribution is 2.37. The van der Waals surface area contributed by atoms with E-state index in [2.05, 4.69) is 24.2 Å². The van der Waals surface area contributed by atoms with Crippen LogP contribution in [-0.4, -0.2) is 50.3 Å². The largest absolute Gasteiger partial charge is 0.383 e. The average Bonchev–Trinajstić information content (AvgIpc) is 3.23. The summed E-state index contributed by atoms with van der Waals surface area (Å²) in [7, 11) is 3.92. The van der Waals surface area contributed by atoms with Gasteiger partial charge in [-0.25, -0.2) is 0 Å². The summed E-state index contributed by atoms with van der Waals surface area (Å²) in [5, 5.41) is 3.47. The molecule has 0 bridgehead atoms. The van der Waals surface area contributed by atoms with Crippen LogP contribution in [0.1, 0.15) is 45.4 Å². The summed E-state index contributed by atoms with van der Waals surface area (Å²) >= 11 is 0. The van der Waals surface area contributed by atoms with Crippen molar-refractivity contribution < 1.29 is 4.74 Å². The molecule has 0 aromatic carbocycles. The minimum Gasteiger partial charge on any atom is -0.383 e. The van der Waals surface area contributed by atoms with Gasteiger partial charge in [0.1, 0.15) is 0 Å². The van der Waals surface area contributed by atoms with Gasteiger partial charge >= 0.3 is 0 Å². The van der Waals surface area contributed by atoms with Gasteiger partial charge in [0.15, 0.2) is 0 Å².